The number of hydrogen-bond donors (Lipinski definition) is 0. The Morgan fingerprint density at radius 3 is 2.50 bits per heavy atom. The van der Waals surface area contributed by atoms with Crippen molar-refractivity contribution in [1.29, 1.82) is 0 Å². The van der Waals surface area contributed by atoms with E-state index < -0.39 is 0 Å². The normalized spacial score (nSPS) is 10.4. The Hall–Kier alpha value is -1.48. The van der Waals surface area contributed by atoms with Gasteiger partial charge in [0, 0.05) is 22.1 Å². The van der Waals surface area contributed by atoms with Crippen LogP contribution >= 0.6 is 11.8 Å². The lowest BCUT2D eigenvalue weighted by atomic mass is 10.1. The molecule has 2 rings (SSSR count). The number of thioether (sulfide) groups is 1. The van der Waals surface area contributed by atoms with E-state index in [1.54, 1.807) is 11.8 Å². The maximum Gasteiger partial charge on any atom is 0.337 e. The summed E-state index contributed by atoms with van der Waals surface area (Å²) in [6, 6.07) is 11.2. The third kappa shape index (κ3) is 2.04. The Bertz CT molecular complexity index is 544. The van der Waals surface area contributed by atoms with Crippen LogP contribution in [-0.4, -0.2) is 6.26 Å². The SMILES string of the molecule is CSc1cc(=O)oc(-c2ccccc2)c1C. The van der Waals surface area contributed by atoms with Crippen LogP contribution in [0.1, 0.15) is 5.56 Å². The number of benzene rings is 1. The van der Waals surface area contributed by atoms with Crippen molar-refractivity contribution < 1.29 is 4.42 Å². The van der Waals surface area contributed by atoms with E-state index in [0.29, 0.717) is 5.76 Å². The van der Waals surface area contributed by atoms with Crippen molar-refractivity contribution in [2.75, 3.05) is 6.26 Å². The molecule has 0 bridgehead atoms. The Balaban J connectivity index is 2.66. The van der Waals surface area contributed by atoms with Gasteiger partial charge in [0.1, 0.15) is 5.76 Å². The van der Waals surface area contributed by atoms with Gasteiger partial charge in [-0.25, -0.2) is 4.79 Å². The minimum atomic E-state index is -0.297. The van der Waals surface area contributed by atoms with Crippen molar-refractivity contribution >= 4 is 11.8 Å². The molecule has 0 saturated heterocycles. The molecule has 1 aromatic heterocycles. The van der Waals surface area contributed by atoms with E-state index in [1.165, 1.54) is 6.07 Å². The fraction of sp³-hybridized carbons (Fsp3) is 0.154. The van der Waals surface area contributed by atoms with Crippen LogP contribution < -0.4 is 5.63 Å². The van der Waals surface area contributed by atoms with Crippen molar-refractivity contribution in [3.05, 3.63) is 52.4 Å². The highest BCUT2D eigenvalue weighted by Gasteiger charge is 2.09. The predicted octanol–water partition coefficient (Wildman–Crippen LogP) is 3.34. The summed E-state index contributed by atoms with van der Waals surface area (Å²) in [4.78, 5) is 12.4. The number of rotatable bonds is 2. The van der Waals surface area contributed by atoms with Gasteiger partial charge in [0.15, 0.2) is 0 Å². The zero-order valence-electron chi connectivity index (χ0n) is 9.19. The van der Waals surface area contributed by atoms with Gasteiger partial charge < -0.3 is 4.42 Å². The lowest BCUT2D eigenvalue weighted by Crippen LogP contribution is -2.00. The lowest BCUT2D eigenvalue weighted by Gasteiger charge is -2.07. The van der Waals surface area contributed by atoms with Crippen LogP contribution in [-0.2, 0) is 0 Å². The van der Waals surface area contributed by atoms with Gasteiger partial charge in [0.2, 0.25) is 0 Å². The van der Waals surface area contributed by atoms with E-state index in [2.05, 4.69) is 0 Å². The lowest BCUT2D eigenvalue weighted by molar-refractivity contribution is 0.517. The van der Waals surface area contributed by atoms with E-state index in [4.69, 9.17) is 4.42 Å². The first-order valence-electron chi connectivity index (χ1n) is 4.96. The second kappa shape index (κ2) is 4.58. The Kier molecular flexibility index (Phi) is 3.15. The molecule has 0 unspecified atom stereocenters. The van der Waals surface area contributed by atoms with Gasteiger partial charge in [0.05, 0.1) is 0 Å². The van der Waals surface area contributed by atoms with E-state index in [9.17, 15) is 4.79 Å². The quantitative estimate of drug-likeness (QED) is 0.744. The minimum absolute atomic E-state index is 0.297. The molecule has 0 radical (unpaired) electrons. The molecule has 0 fully saturated rings. The first-order valence-corrected chi connectivity index (χ1v) is 6.19. The molecule has 16 heavy (non-hydrogen) atoms. The van der Waals surface area contributed by atoms with Crippen LogP contribution in [0.25, 0.3) is 11.3 Å². The highest BCUT2D eigenvalue weighted by atomic mass is 32.2. The Morgan fingerprint density at radius 2 is 1.88 bits per heavy atom. The van der Waals surface area contributed by atoms with Gasteiger partial charge in [-0.1, -0.05) is 30.3 Å². The van der Waals surface area contributed by atoms with Crippen LogP contribution in [0.4, 0.5) is 0 Å². The molecule has 2 nitrogen and oxygen atoms in total. The first-order chi connectivity index (χ1) is 7.72. The zero-order valence-corrected chi connectivity index (χ0v) is 10.0. The first kappa shape index (κ1) is 11.0. The molecular formula is C13H12O2S. The van der Waals surface area contributed by atoms with Crippen LogP contribution in [0.2, 0.25) is 0 Å². The average Bonchev–Trinajstić information content (AvgIpc) is 2.33. The van der Waals surface area contributed by atoms with Gasteiger partial charge in [-0.15, -0.1) is 11.8 Å². The molecule has 1 aromatic carbocycles. The molecule has 2 aromatic rings. The molecule has 3 heteroatoms. The largest absolute Gasteiger partial charge is 0.422 e. The summed E-state index contributed by atoms with van der Waals surface area (Å²) in [5, 5.41) is 0. The maximum atomic E-state index is 11.4. The van der Waals surface area contributed by atoms with Crippen LogP contribution in [0, 0.1) is 6.92 Å². The molecule has 82 valence electrons. The van der Waals surface area contributed by atoms with Crippen LogP contribution in [0.3, 0.4) is 0 Å². The van der Waals surface area contributed by atoms with Crippen molar-refractivity contribution in [2.24, 2.45) is 0 Å². The number of hydrogen-bond acceptors (Lipinski definition) is 3. The van der Waals surface area contributed by atoms with Crippen LogP contribution in [0.15, 0.2) is 50.5 Å². The van der Waals surface area contributed by atoms with E-state index in [0.717, 1.165) is 16.0 Å². The zero-order chi connectivity index (χ0) is 11.5. The summed E-state index contributed by atoms with van der Waals surface area (Å²) >= 11 is 1.56. The second-order valence-corrected chi connectivity index (χ2v) is 4.30. The van der Waals surface area contributed by atoms with E-state index in [1.807, 2.05) is 43.5 Å². The van der Waals surface area contributed by atoms with Crippen molar-refractivity contribution in [3.63, 3.8) is 0 Å². The Morgan fingerprint density at radius 1 is 1.19 bits per heavy atom. The smallest absolute Gasteiger partial charge is 0.337 e. The topological polar surface area (TPSA) is 30.2 Å². The summed E-state index contributed by atoms with van der Waals surface area (Å²) in [5.41, 5.74) is 1.65. The molecule has 0 aliphatic heterocycles. The monoisotopic (exact) mass is 232 g/mol. The fourth-order valence-corrected chi connectivity index (χ4v) is 2.22. The molecule has 0 saturated carbocycles. The van der Waals surface area contributed by atoms with Crippen molar-refractivity contribution in [1.82, 2.24) is 0 Å². The highest BCUT2D eigenvalue weighted by Crippen LogP contribution is 2.28. The van der Waals surface area contributed by atoms with E-state index in [-0.39, 0.29) is 5.63 Å². The molecule has 0 amide bonds. The van der Waals surface area contributed by atoms with Gasteiger partial charge >= 0.3 is 5.63 Å². The molecule has 0 spiro atoms. The molecular weight excluding hydrogens is 220 g/mol. The summed E-state index contributed by atoms with van der Waals surface area (Å²) in [6.45, 7) is 1.97. The molecule has 1 heterocycles. The third-order valence-corrected chi connectivity index (χ3v) is 3.28. The van der Waals surface area contributed by atoms with Gasteiger partial charge in [-0.2, -0.15) is 0 Å². The average molecular weight is 232 g/mol. The van der Waals surface area contributed by atoms with Gasteiger partial charge in [-0.05, 0) is 13.2 Å². The summed E-state index contributed by atoms with van der Waals surface area (Å²) in [6.07, 6.45) is 1.95. The van der Waals surface area contributed by atoms with Gasteiger partial charge in [-0.3, -0.25) is 0 Å². The van der Waals surface area contributed by atoms with Crippen molar-refractivity contribution in [3.8, 4) is 11.3 Å². The predicted molar refractivity (Wildman–Crippen MR) is 66.9 cm³/mol. The van der Waals surface area contributed by atoms with E-state index >= 15 is 0 Å². The molecule has 0 aliphatic carbocycles. The fourth-order valence-electron chi connectivity index (χ4n) is 1.61. The molecule has 0 atom stereocenters. The molecule has 0 aliphatic rings. The highest BCUT2D eigenvalue weighted by molar-refractivity contribution is 7.98. The standard InChI is InChI=1S/C13H12O2S/c1-9-11(16-2)8-12(14)15-13(9)10-6-4-3-5-7-10/h3-8H,1-2H3. The maximum absolute atomic E-state index is 11.4. The molecule has 0 N–H and O–H groups in total. The summed E-state index contributed by atoms with van der Waals surface area (Å²) in [5.74, 6) is 0.664. The Labute approximate surface area is 98.3 Å². The van der Waals surface area contributed by atoms with Crippen LogP contribution in [0.5, 0.6) is 0 Å². The third-order valence-electron chi connectivity index (χ3n) is 2.42. The summed E-state index contributed by atoms with van der Waals surface area (Å²) in [7, 11) is 0. The van der Waals surface area contributed by atoms with Crippen molar-refractivity contribution in [2.45, 2.75) is 11.8 Å². The second-order valence-electron chi connectivity index (χ2n) is 3.45. The van der Waals surface area contributed by atoms with Gasteiger partial charge in [0.25, 0.3) is 0 Å². The summed E-state index contributed by atoms with van der Waals surface area (Å²) < 4.78 is 5.27. The minimum Gasteiger partial charge on any atom is -0.422 e.